The van der Waals surface area contributed by atoms with Crippen LogP contribution in [0.2, 0.25) is 0 Å². The molecule has 3 heteroatoms. The van der Waals surface area contributed by atoms with Crippen molar-refractivity contribution in [3.05, 3.63) is 222 Å². The molecule has 2 nitrogen and oxygen atoms in total. The van der Waals surface area contributed by atoms with Gasteiger partial charge in [-0.25, -0.2) is 0 Å². The number of nitrogens with two attached hydrogens (primary N) is 1. The maximum atomic E-state index is 5.57. The van der Waals surface area contributed by atoms with Crippen molar-refractivity contribution in [1.82, 2.24) is 0 Å². The molecule has 0 fully saturated rings. The Morgan fingerprint density at radius 1 is 0.349 bits per heavy atom. The number of hydrogen-bond acceptors (Lipinski definition) is 2. The number of hydrogen-bond donors (Lipinski definition) is 2. The molecule has 0 aliphatic heterocycles. The highest BCUT2D eigenvalue weighted by atomic mass is 79.9. The Labute approximate surface area is 381 Å². The number of nitrogen functional groups attached to an aromatic ring is 1. The molecule has 10 aromatic rings. The van der Waals surface area contributed by atoms with Crippen LogP contribution < -0.4 is 11.1 Å². The quantitative estimate of drug-likeness (QED) is 0.137. The van der Waals surface area contributed by atoms with Crippen molar-refractivity contribution in [1.29, 1.82) is 0 Å². The summed E-state index contributed by atoms with van der Waals surface area (Å²) in [5.41, 5.74) is 16.8. The summed E-state index contributed by atoms with van der Waals surface area (Å²) in [5, 5.41) is 13.8. The van der Waals surface area contributed by atoms with Crippen molar-refractivity contribution in [2.75, 3.05) is 11.1 Å². The molecule has 10 aromatic carbocycles. The summed E-state index contributed by atoms with van der Waals surface area (Å²) in [6.45, 7) is 13.3. The third kappa shape index (κ3) is 9.40. The van der Waals surface area contributed by atoms with Gasteiger partial charge < -0.3 is 11.1 Å². The van der Waals surface area contributed by atoms with E-state index in [1.54, 1.807) is 0 Å². The van der Waals surface area contributed by atoms with Crippen LogP contribution in [0.15, 0.2) is 211 Å². The standard InChI is InChI=1S/C30H27N.C20H13Br.C10H15N/c1-30(2,3)22-17-19-23(20-18-22)31-29-26-15-9-7-13-24(26)28(21-11-5-4-6-12-21)25-14-8-10-16-27(25)29;21-20-17-12-6-4-10-15(17)19(14-8-2-1-3-9-14)16-11-5-7-13-18(16)20;1-10(2,3)8-4-6-9(11)7-5-8/h4-20,31H,1-3H3;1-13H;4-7H,11H2,1-3H3. The normalized spacial score (nSPS) is 11.5. The van der Waals surface area contributed by atoms with E-state index in [0.717, 1.165) is 17.1 Å². The molecule has 0 radical (unpaired) electrons. The summed E-state index contributed by atoms with van der Waals surface area (Å²) in [5.74, 6) is 0. The second-order valence-corrected chi connectivity index (χ2v) is 19.0. The van der Waals surface area contributed by atoms with E-state index in [2.05, 4.69) is 257 Å². The van der Waals surface area contributed by atoms with Crippen molar-refractivity contribution in [2.45, 2.75) is 52.4 Å². The lowest BCUT2D eigenvalue weighted by atomic mass is 9.87. The Morgan fingerprint density at radius 3 is 1.02 bits per heavy atom. The van der Waals surface area contributed by atoms with Crippen LogP contribution in [0.4, 0.5) is 17.1 Å². The minimum atomic E-state index is 0.148. The van der Waals surface area contributed by atoms with Gasteiger partial charge in [0.15, 0.2) is 0 Å². The van der Waals surface area contributed by atoms with E-state index in [1.165, 1.54) is 80.9 Å². The largest absolute Gasteiger partial charge is 0.399 e. The predicted molar refractivity (Wildman–Crippen MR) is 279 cm³/mol. The van der Waals surface area contributed by atoms with E-state index in [1.807, 2.05) is 12.1 Å². The van der Waals surface area contributed by atoms with Crippen LogP contribution in [0, 0.1) is 0 Å². The summed E-state index contributed by atoms with van der Waals surface area (Å²) in [6, 6.07) is 72.8. The third-order valence-corrected chi connectivity index (χ3v) is 12.6. The van der Waals surface area contributed by atoms with Crippen LogP contribution in [0.5, 0.6) is 0 Å². The van der Waals surface area contributed by atoms with Gasteiger partial charge in [0, 0.05) is 26.6 Å². The summed E-state index contributed by atoms with van der Waals surface area (Å²) in [4.78, 5) is 0. The highest BCUT2D eigenvalue weighted by molar-refractivity contribution is 9.10. The van der Waals surface area contributed by atoms with E-state index < -0.39 is 0 Å². The predicted octanol–water partition coefficient (Wildman–Crippen LogP) is 17.7. The summed E-state index contributed by atoms with van der Waals surface area (Å²) in [6.07, 6.45) is 0. The number of rotatable bonds is 4. The number of nitrogens with one attached hydrogen (secondary N) is 1. The van der Waals surface area contributed by atoms with Crippen LogP contribution in [-0.4, -0.2) is 0 Å². The van der Waals surface area contributed by atoms with Gasteiger partial charge in [-0.3, -0.25) is 0 Å². The average molecular weight is 884 g/mol. The first-order valence-electron chi connectivity index (χ1n) is 21.8. The molecule has 0 aliphatic rings. The van der Waals surface area contributed by atoms with Crippen LogP contribution in [0.1, 0.15) is 52.7 Å². The van der Waals surface area contributed by atoms with Gasteiger partial charge in [0.2, 0.25) is 0 Å². The zero-order valence-corrected chi connectivity index (χ0v) is 38.7. The van der Waals surface area contributed by atoms with Crippen molar-refractivity contribution < 1.29 is 0 Å². The van der Waals surface area contributed by atoms with Crippen molar-refractivity contribution in [2.24, 2.45) is 0 Å². The van der Waals surface area contributed by atoms with E-state index in [4.69, 9.17) is 5.73 Å². The molecule has 0 saturated heterocycles. The van der Waals surface area contributed by atoms with Gasteiger partial charge in [0.05, 0.1) is 5.69 Å². The first-order valence-corrected chi connectivity index (χ1v) is 22.5. The van der Waals surface area contributed by atoms with Crippen molar-refractivity contribution in [3.63, 3.8) is 0 Å². The van der Waals surface area contributed by atoms with Gasteiger partial charge >= 0.3 is 0 Å². The lowest BCUT2D eigenvalue weighted by Crippen LogP contribution is -2.10. The van der Waals surface area contributed by atoms with Gasteiger partial charge in [-0.1, -0.05) is 224 Å². The van der Waals surface area contributed by atoms with Gasteiger partial charge in [-0.2, -0.15) is 0 Å². The Bertz CT molecular complexity index is 3030. The molecule has 0 unspecified atom stereocenters. The Hall–Kier alpha value is -6.68. The molecule has 10 rings (SSSR count). The molecule has 0 amide bonds. The first kappa shape index (κ1) is 43.0. The zero-order valence-electron chi connectivity index (χ0n) is 37.1. The van der Waals surface area contributed by atoms with Crippen molar-refractivity contribution >= 4 is 76.1 Å². The SMILES string of the molecule is Brc1c2ccccc2c(-c2ccccc2)c2ccccc12.CC(C)(C)c1ccc(N)cc1.CC(C)(C)c1ccc(Nc2c3ccccc3c(-c3ccccc3)c3ccccc23)cc1. The van der Waals surface area contributed by atoms with E-state index in [0.29, 0.717) is 0 Å². The van der Waals surface area contributed by atoms with Crippen molar-refractivity contribution in [3.8, 4) is 22.3 Å². The van der Waals surface area contributed by atoms with Crippen LogP contribution >= 0.6 is 15.9 Å². The molecule has 63 heavy (non-hydrogen) atoms. The third-order valence-electron chi connectivity index (χ3n) is 11.7. The first-order chi connectivity index (χ1) is 30.4. The van der Waals surface area contributed by atoms with Gasteiger partial charge in [-0.05, 0) is 117 Å². The molecular weight excluding hydrogens is 829 g/mol. The number of benzene rings is 10. The van der Waals surface area contributed by atoms with Gasteiger partial charge in [0.25, 0.3) is 0 Å². The molecule has 0 spiro atoms. The summed E-state index contributed by atoms with van der Waals surface area (Å²) < 4.78 is 1.17. The maximum absolute atomic E-state index is 5.57. The number of anilines is 3. The van der Waals surface area contributed by atoms with Crippen LogP contribution in [-0.2, 0) is 10.8 Å². The molecule has 0 atom stereocenters. The highest BCUT2D eigenvalue weighted by Gasteiger charge is 2.17. The Balaban J connectivity index is 0.000000146. The monoisotopic (exact) mass is 882 g/mol. The summed E-state index contributed by atoms with van der Waals surface area (Å²) >= 11 is 3.79. The zero-order chi connectivity index (χ0) is 44.1. The Morgan fingerprint density at radius 2 is 0.651 bits per heavy atom. The fourth-order valence-corrected chi connectivity index (χ4v) is 9.04. The number of fused-ring (bicyclic) bond motifs is 4. The molecule has 0 heterocycles. The topological polar surface area (TPSA) is 38.0 Å². The molecule has 0 bridgehead atoms. The molecule has 0 aliphatic carbocycles. The molecule has 312 valence electrons. The Kier molecular flexibility index (Phi) is 12.5. The minimum Gasteiger partial charge on any atom is -0.399 e. The number of halogens is 1. The second-order valence-electron chi connectivity index (χ2n) is 18.2. The fraction of sp³-hybridized carbons (Fsp3) is 0.133. The molecular formula is C60H55BrN2. The maximum Gasteiger partial charge on any atom is 0.0544 e. The highest BCUT2D eigenvalue weighted by Crippen LogP contribution is 2.44. The van der Waals surface area contributed by atoms with Crippen LogP contribution in [0.3, 0.4) is 0 Å². The lowest BCUT2D eigenvalue weighted by molar-refractivity contribution is 0.590. The van der Waals surface area contributed by atoms with Crippen LogP contribution in [0.25, 0.3) is 65.3 Å². The molecule has 0 saturated carbocycles. The van der Waals surface area contributed by atoms with E-state index >= 15 is 0 Å². The molecule has 0 aromatic heterocycles. The average Bonchev–Trinajstić information content (AvgIpc) is 3.30. The molecule has 3 N–H and O–H groups in total. The second kappa shape index (κ2) is 18.3. The summed E-state index contributed by atoms with van der Waals surface area (Å²) in [7, 11) is 0. The van der Waals surface area contributed by atoms with Gasteiger partial charge in [0.1, 0.15) is 0 Å². The van der Waals surface area contributed by atoms with E-state index in [-0.39, 0.29) is 10.8 Å². The fourth-order valence-electron chi connectivity index (χ4n) is 8.35. The lowest BCUT2D eigenvalue weighted by Gasteiger charge is -2.21. The minimum absolute atomic E-state index is 0.148. The van der Waals surface area contributed by atoms with E-state index in [9.17, 15) is 0 Å². The van der Waals surface area contributed by atoms with Gasteiger partial charge in [-0.15, -0.1) is 0 Å². The smallest absolute Gasteiger partial charge is 0.0544 e.